The van der Waals surface area contributed by atoms with Gasteiger partial charge in [0.2, 0.25) is 0 Å². The molecule has 2 unspecified atom stereocenters. The van der Waals surface area contributed by atoms with Gasteiger partial charge in [0.15, 0.2) is 0 Å². The molecular formula is C10H19NO2. The molecule has 0 aromatic heterocycles. The van der Waals surface area contributed by atoms with E-state index in [0.717, 1.165) is 26.1 Å². The fourth-order valence-corrected chi connectivity index (χ4v) is 1.69. The van der Waals surface area contributed by atoms with Gasteiger partial charge in [-0.05, 0) is 13.3 Å². The number of hydrogen-bond donors (Lipinski definition) is 2. The lowest BCUT2D eigenvalue weighted by Crippen LogP contribution is -2.44. The summed E-state index contributed by atoms with van der Waals surface area (Å²) in [5.74, 6) is 0.0407. The lowest BCUT2D eigenvalue weighted by Gasteiger charge is -2.34. The Kier molecular flexibility index (Phi) is 4.42. The molecule has 2 atom stereocenters. The quantitative estimate of drug-likeness (QED) is 0.619. The molecule has 0 spiro atoms. The van der Waals surface area contributed by atoms with E-state index in [2.05, 4.69) is 11.0 Å². The third-order valence-corrected chi connectivity index (χ3v) is 2.61. The third-order valence-electron chi connectivity index (χ3n) is 2.61. The summed E-state index contributed by atoms with van der Waals surface area (Å²) < 4.78 is 0. The fourth-order valence-electron chi connectivity index (χ4n) is 1.69. The van der Waals surface area contributed by atoms with Crippen LogP contribution in [0.3, 0.4) is 0 Å². The van der Waals surface area contributed by atoms with Gasteiger partial charge in [0.05, 0.1) is 6.10 Å². The summed E-state index contributed by atoms with van der Waals surface area (Å²) in [7, 11) is 0. The van der Waals surface area contributed by atoms with Crippen LogP contribution in [0, 0.1) is 5.92 Å². The Morgan fingerprint density at radius 2 is 2.31 bits per heavy atom. The van der Waals surface area contributed by atoms with Crippen molar-refractivity contribution in [1.82, 2.24) is 4.90 Å². The van der Waals surface area contributed by atoms with Crippen LogP contribution in [-0.2, 0) is 0 Å². The minimum absolute atomic E-state index is 0.0407. The summed E-state index contributed by atoms with van der Waals surface area (Å²) in [4.78, 5) is 2.26. The molecule has 0 radical (unpaired) electrons. The van der Waals surface area contributed by atoms with Crippen molar-refractivity contribution < 1.29 is 10.2 Å². The maximum atomic E-state index is 9.51. The van der Waals surface area contributed by atoms with Gasteiger partial charge in [0, 0.05) is 32.2 Å². The van der Waals surface area contributed by atoms with Gasteiger partial charge in [-0.2, -0.15) is 0 Å². The minimum Gasteiger partial charge on any atom is -0.396 e. The van der Waals surface area contributed by atoms with Crippen molar-refractivity contribution in [2.45, 2.75) is 19.4 Å². The normalized spacial score (nSPS) is 31.3. The maximum Gasteiger partial charge on any atom is 0.0614 e. The van der Waals surface area contributed by atoms with Gasteiger partial charge in [0.25, 0.3) is 0 Å². The number of nitrogens with zero attached hydrogens (tertiary/aromatic N) is 1. The van der Waals surface area contributed by atoms with Crippen molar-refractivity contribution in [3.05, 3.63) is 12.2 Å². The molecule has 76 valence electrons. The Balaban J connectivity index is 2.35. The average Bonchev–Trinajstić information content (AvgIpc) is 2.16. The Bertz CT molecular complexity index is 170. The molecule has 13 heavy (non-hydrogen) atoms. The van der Waals surface area contributed by atoms with Crippen LogP contribution < -0.4 is 0 Å². The highest BCUT2D eigenvalue weighted by Gasteiger charge is 2.26. The van der Waals surface area contributed by atoms with Crippen molar-refractivity contribution in [3.63, 3.8) is 0 Å². The lowest BCUT2D eigenvalue weighted by molar-refractivity contribution is 0.00405. The summed E-state index contributed by atoms with van der Waals surface area (Å²) in [6.45, 7) is 4.76. The van der Waals surface area contributed by atoms with Gasteiger partial charge >= 0.3 is 0 Å². The second-order valence-corrected chi connectivity index (χ2v) is 3.63. The van der Waals surface area contributed by atoms with Crippen molar-refractivity contribution in [2.75, 3.05) is 26.2 Å². The molecule has 1 heterocycles. The lowest BCUT2D eigenvalue weighted by atomic mass is 9.95. The van der Waals surface area contributed by atoms with Crippen molar-refractivity contribution >= 4 is 0 Å². The third kappa shape index (κ3) is 3.10. The van der Waals surface area contributed by atoms with Crippen LogP contribution in [0.15, 0.2) is 12.2 Å². The highest BCUT2D eigenvalue weighted by molar-refractivity contribution is 4.86. The van der Waals surface area contributed by atoms with Gasteiger partial charge in [0.1, 0.15) is 0 Å². The minimum atomic E-state index is -0.313. The second-order valence-electron chi connectivity index (χ2n) is 3.63. The van der Waals surface area contributed by atoms with Gasteiger partial charge in [-0.3, -0.25) is 4.90 Å². The zero-order valence-corrected chi connectivity index (χ0v) is 8.19. The molecule has 3 nitrogen and oxygen atoms in total. The zero-order chi connectivity index (χ0) is 9.68. The van der Waals surface area contributed by atoms with Gasteiger partial charge in [-0.1, -0.05) is 12.2 Å². The van der Waals surface area contributed by atoms with E-state index in [0.29, 0.717) is 0 Å². The molecule has 1 aliphatic heterocycles. The number of rotatable bonds is 3. The SMILES string of the molecule is C/C=C/CN1CCC(O)C(CO)C1. The summed E-state index contributed by atoms with van der Waals surface area (Å²) in [5, 5.41) is 18.5. The maximum absolute atomic E-state index is 9.51. The van der Waals surface area contributed by atoms with E-state index in [1.165, 1.54) is 0 Å². The van der Waals surface area contributed by atoms with Crippen LogP contribution in [0.4, 0.5) is 0 Å². The molecule has 0 aliphatic carbocycles. The average molecular weight is 185 g/mol. The van der Waals surface area contributed by atoms with Gasteiger partial charge < -0.3 is 10.2 Å². The van der Waals surface area contributed by atoms with Gasteiger partial charge in [-0.15, -0.1) is 0 Å². The molecule has 0 aromatic rings. The summed E-state index contributed by atoms with van der Waals surface area (Å²) in [6, 6.07) is 0. The fraction of sp³-hybridized carbons (Fsp3) is 0.800. The Labute approximate surface area is 79.7 Å². The van der Waals surface area contributed by atoms with Crippen LogP contribution in [0.2, 0.25) is 0 Å². The van der Waals surface area contributed by atoms with Gasteiger partial charge in [-0.25, -0.2) is 0 Å². The van der Waals surface area contributed by atoms with Crippen LogP contribution >= 0.6 is 0 Å². The predicted molar refractivity (Wildman–Crippen MR) is 52.5 cm³/mol. The molecule has 0 aromatic carbocycles. The first-order chi connectivity index (χ1) is 6.27. The molecular weight excluding hydrogens is 166 g/mol. The van der Waals surface area contributed by atoms with Crippen molar-refractivity contribution in [1.29, 1.82) is 0 Å². The predicted octanol–water partition coefficient (Wildman–Crippen LogP) is 0.238. The Hall–Kier alpha value is -0.380. The van der Waals surface area contributed by atoms with E-state index in [4.69, 9.17) is 5.11 Å². The second kappa shape index (κ2) is 5.37. The Morgan fingerprint density at radius 3 is 2.92 bits per heavy atom. The molecule has 1 fully saturated rings. The molecule has 1 rings (SSSR count). The molecule has 1 aliphatic rings. The van der Waals surface area contributed by atoms with Crippen molar-refractivity contribution in [3.8, 4) is 0 Å². The highest BCUT2D eigenvalue weighted by atomic mass is 16.3. The molecule has 0 bridgehead atoms. The van der Waals surface area contributed by atoms with E-state index in [-0.39, 0.29) is 18.6 Å². The number of hydrogen-bond acceptors (Lipinski definition) is 3. The van der Waals surface area contributed by atoms with E-state index >= 15 is 0 Å². The first-order valence-corrected chi connectivity index (χ1v) is 4.90. The molecule has 0 amide bonds. The van der Waals surface area contributed by atoms with Crippen LogP contribution in [0.5, 0.6) is 0 Å². The molecule has 1 saturated heterocycles. The first kappa shape index (κ1) is 10.7. The molecule has 0 saturated carbocycles. The molecule has 3 heteroatoms. The summed E-state index contributed by atoms with van der Waals surface area (Å²) in [6.07, 6.45) is 4.60. The number of piperidine rings is 1. The van der Waals surface area contributed by atoms with Crippen LogP contribution in [-0.4, -0.2) is 47.5 Å². The smallest absolute Gasteiger partial charge is 0.0614 e. The van der Waals surface area contributed by atoms with Crippen LogP contribution in [0.1, 0.15) is 13.3 Å². The number of aliphatic hydroxyl groups excluding tert-OH is 2. The largest absolute Gasteiger partial charge is 0.396 e. The highest BCUT2D eigenvalue weighted by Crippen LogP contribution is 2.16. The number of likely N-dealkylation sites (tertiary alicyclic amines) is 1. The van der Waals surface area contributed by atoms with Crippen LogP contribution in [0.25, 0.3) is 0 Å². The van der Waals surface area contributed by atoms with E-state index in [1.54, 1.807) is 0 Å². The topological polar surface area (TPSA) is 43.7 Å². The number of allylic oxidation sites excluding steroid dienone is 1. The zero-order valence-electron chi connectivity index (χ0n) is 8.19. The number of aliphatic hydroxyl groups is 2. The molecule has 2 N–H and O–H groups in total. The Morgan fingerprint density at radius 1 is 1.54 bits per heavy atom. The summed E-state index contributed by atoms with van der Waals surface area (Å²) >= 11 is 0. The summed E-state index contributed by atoms with van der Waals surface area (Å²) in [5.41, 5.74) is 0. The first-order valence-electron chi connectivity index (χ1n) is 4.90. The monoisotopic (exact) mass is 185 g/mol. The standard InChI is InChI=1S/C10H19NO2/c1-2-3-5-11-6-4-10(13)9(7-11)8-12/h2-3,9-10,12-13H,4-8H2,1H3/b3-2+. The van der Waals surface area contributed by atoms with E-state index in [1.807, 2.05) is 13.0 Å². The van der Waals surface area contributed by atoms with E-state index < -0.39 is 0 Å². The van der Waals surface area contributed by atoms with E-state index in [9.17, 15) is 5.11 Å². The van der Waals surface area contributed by atoms with Crippen molar-refractivity contribution in [2.24, 2.45) is 5.92 Å².